The number of carboxylic acids is 1. The van der Waals surface area contributed by atoms with Gasteiger partial charge in [-0.05, 0) is 112 Å². The standard InChI is InChI=1S/C33H36ClF4NO3/c1-20-3-4-21(17-25(20)34)19-32-15-16-39(27(40)30-9-12-31(13-10-30,14-11-30)28(41)42)26(32)8-5-22-18-23(6-7-24(22)32)29(2,35)33(36,37)38/h3-4,6-7,17-18,26H,5,8-16,19H2,1-2H3,(H,41,42). The summed E-state index contributed by atoms with van der Waals surface area (Å²) < 4.78 is 55.8. The number of rotatable bonds is 5. The van der Waals surface area contributed by atoms with Crippen LogP contribution in [0, 0.1) is 17.8 Å². The lowest BCUT2D eigenvalue weighted by molar-refractivity contribution is -0.228. The Kier molecular flexibility index (Phi) is 6.80. The molecule has 4 nitrogen and oxygen atoms in total. The van der Waals surface area contributed by atoms with Crippen LogP contribution < -0.4 is 0 Å². The zero-order valence-corrected chi connectivity index (χ0v) is 24.7. The molecule has 1 saturated heterocycles. The number of fused-ring (bicyclic) bond motifs is 6. The second-order valence-electron chi connectivity index (χ2n) is 13.5. The summed E-state index contributed by atoms with van der Waals surface area (Å²) in [7, 11) is 0. The van der Waals surface area contributed by atoms with Crippen molar-refractivity contribution in [3.05, 3.63) is 69.2 Å². The number of aliphatic carboxylic acids is 1. The van der Waals surface area contributed by atoms with Crippen LogP contribution in [0.2, 0.25) is 5.02 Å². The molecule has 1 heterocycles. The molecule has 1 aliphatic heterocycles. The average molecular weight is 606 g/mol. The number of carboxylic acid groups (broad SMARTS) is 1. The lowest BCUT2D eigenvalue weighted by Crippen LogP contribution is -2.56. The molecule has 0 spiro atoms. The largest absolute Gasteiger partial charge is 0.481 e. The van der Waals surface area contributed by atoms with Crippen molar-refractivity contribution >= 4 is 23.5 Å². The van der Waals surface area contributed by atoms with Crippen molar-refractivity contribution in [3.63, 3.8) is 0 Å². The molecule has 5 aliphatic rings. The van der Waals surface area contributed by atoms with Crippen LogP contribution in [0.1, 0.15) is 86.1 Å². The number of amides is 1. The minimum atomic E-state index is -5.04. The second-order valence-corrected chi connectivity index (χ2v) is 13.9. The topological polar surface area (TPSA) is 57.6 Å². The van der Waals surface area contributed by atoms with E-state index in [-0.39, 0.29) is 11.9 Å². The van der Waals surface area contributed by atoms with E-state index < -0.39 is 39.6 Å². The number of aryl methyl sites for hydroxylation is 2. The fourth-order valence-electron chi connectivity index (χ4n) is 8.51. The second kappa shape index (κ2) is 9.70. The van der Waals surface area contributed by atoms with Gasteiger partial charge in [0.15, 0.2) is 0 Å². The van der Waals surface area contributed by atoms with Crippen molar-refractivity contribution in [3.8, 4) is 0 Å². The normalized spacial score (nSPS) is 31.8. The van der Waals surface area contributed by atoms with Crippen LogP contribution in [-0.2, 0) is 33.5 Å². The van der Waals surface area contributed by atoms with Gasteiger partial charge in [-0.3, -0.25) is 9.59 Å². The first kappa shape index (κ1) is 29.5. The Hall–Kier alpha value is -2.61. The van der Waals surface area contributed by atoms with E-state index in [1.54, 1.807) is 6.07 Å². The van der Waals surface area contributed by atoms with Gasteiger partial charge < -0.3 is 10.0 Å². The van der Waals surface area contributed by atoms with Crippen LogP contribution >= 0.6 is 11.6 Å². The SMILES string of the molecule is Cc1ccc(CC23CCN(C(=O)C45CCC(C(=O)O)(CC4)CC5)C2CCc2cc(C(C)(F)C(F)(F)F)ccc23)cc1Cl. The van der Waals surface area contributed by atoms with Gasteiger partial charge in [0.25, 0.3) is 0 Å². The average Bonchev–Trinajstić information content (AvgIpc) is 3.33. The van der Waals surface area contributed by atoms with Crippen molar-refractivity contribution in [2.75, 3.05) is 6.54 Å². The first-order valence-corrected chi connectivity index (χ1v) is 15.2. The molecule has 1 amide bonds. The van der Waals surface area contributed by atoms with E-state index in [2.05, 4.69) is 0 Å². The molecule has 226 valence electrons. The van der Waals surface area contributed by atoms with Gasteiger partial charge in [0.1, 0.15) is 0 Å². The minimum Gasteiger partial charge on any atom is -0.481 e. The summed E-state index contributed by atoms with van der Waals surface area (Å²) >= 11 is 6.49. The Balaban J connectivity index is 1.38. The zero-order chi connectivity index (χ0) is 30.3. The smallest absolute Gasteiger partial charge is 0.426 e. The fraction of sp³-hybridized carbons (Fsp3) is 0.576. The van der Waals surface area contributed by atoms with Crippen LogP contribution in [0.25, 0.3) is 0 Å². The molecular weight excluding hydrogens is 570 g/mol. The number of carbonyl (C=O) groups excluding carboxylic acids is 1. The van der Waals surface area contributed by atoms with Crippen LogP contribution in [-0.4, -0.2) is 40.6 Å². The molecule has 2 aromatic rings. The van der Waals surface area contributed by atoms with Gasteiger partial charge >= 0.3 is 12.1 Å². The Labute approximate surface area is 248 Å². The third kappa shape index (κ3) is 4.29. The van der Waals surface area contributed by atoms with Gasteiger partial charge in [-0.15, -0.1) is 0 Å². The highest BCUT2D eigenvalue weighted by Crippen LogP contribution is 2.59. The number of halogens is 5. The van der Waals surface area contributed by atoms with E-state index >= 15 is 0 Å². The molecule has 7 rings (SSSR count). The summed E-state index contributed by atoms with van der Waals surface area (Å²) in [6.07, 6.45) is 0.353. The summed E-state index contributed by atoms with van der Waals surface area (Å²) in [6.45, 7) is 2.99. The van der Waals surface area contributed by atoms with Crippen LogP contribution in [0.4, 0.5) is 17.6 Å². The summed E-state index contributed by atoms with van der Waals surface area (Å²) in [5.41, 5.74) is -2.23. The van der Waals surface area contributed by atoms with Crippen molar-refractivity contribution in [2.24, 2.45) is 10.8 Å². The first-order chi connectivity index (χ1) is 19.6. The summed E-state index contributed by atoms with van der Waals surface area (Å²) in [5.74, 6) is -0.679. The van der Waals surface area contributed by atoms with Crippen molar-refractivity contribution < 1.29 is 32.3 Å². The van der Waals surface area contributed by atoms with E-state index in [1.807, 2.05) is 30.0 Å². The van der Waals surface area contributed by atoms with Crippen molar-refractivity contribution in [1.29, 1.82) is 0 Å². The monoisotopic (exact) mass is 605 g/mol. The lowest BCUT2D eigenvalue weighted by Gasteiger charge is -2.52. The quantitative estimate of drug-likeness (QED) is 0.353. The highest BCUT2D eigenvalue weighted by Gasteiger charge is 2.60. The van der Waals surface area contributed by atoms with Gasteiger partial charge in [0.05, 0.1) is 5.41 Å². The maximum absolute atomic E-state index is 15.0. The molecule has 2 aromatic carbocycles. The van der Waals surface area contributed by atoms with Gasteiger partial charge in [-0.1, -0.05) is 41.9 Å². The number of likely N-dealkylation sites (tertiary alicyclic amines) is 1. The van der Waals surface area contributed by atoms with Crippen molar-refractivity contribution in [2.45, 2.75) is 101 Å². The summed E-state index contributed by atoms with van der Waals surface area (Å²) in [5, 5.41) is 10.5. The Morgan fingerprint density at radius 3 is 2.21 bits per heavy atom. The Morgan fingerprint density at radius 2 is 1.62 bits per heavy atom. The molecular formula is C33H36ClF4NO3. The molecule has 4 aliphatic carbocycles. The van der Waals surface area contributed by atoms with Crippen LogP contribution in [0.5, 0.6) is 0 Å². The number of nitrogens with zero attached hydrogens (tertiary/aromatic N) is 1. The Bertz CT molecular complexity index is 1430. The molecule has 3 unspecified atom stereocenters. The fourth-order valence-corrected chi connectivity index (χ4v) is 8.71. The maximum atomic E-state index is 15.0. The number of alkyl halides is 4. The molecule has 9 heteroatoms. The van der Waals surface area contributed by atoms with Gasteiger partial charge in [-0.25, -0.2) is 4.39 Å². The molecule has 3 saturated carbocycles. The molecule has 42 heavy (non-hydrogen) atoms. The van der Waals surface area contributed by atoms with Crippen LogP contribution in [0.15, 0.2) is 36.4 Å². The van der Waals surface area contributed by atoms with Crippen LogP contribution in [0.3, 0.4) is 0 Å². The zero-order valence-electron chi connectivity index (χ0n) is 23.9. The molecule has 3 atom stereocenters. The summed E-state index contributed by atoms with van der Waals surface area (Å²) in [4.78, 5) is 28.4. The number of benzene rings is 2. The maximum Gasteiger partial charge on any atom is 0.426 e. The van der Waals surface area contributed by atoms with E-state index in [4.69, 9.17) is 11.6 Å². The predicted octanol–water partition coefficient (Wildman–Crippen LogP) is 7.85. The predicted molar refractivity (Wildman–Crippen MR) is 151 cm³/mol. The third-order valence-corrected chi connectivity index (χ3v) is 11.8. The van der Waals surface area contributed by atoms with E-state index in [0.29, 0.717) is 88.3 Å². The lowest BCUT2D eigenvalue weighted by atomic mass is 9.53. The molecule has 1 N–H and O–H groups in total. The van der Waals surface area contributed by atoms with Gasteiger partial charge in [-0.2, -0.15) is 13.2 Å². The van der Waals surface area contributed by atoms with E-state index in [9.17, 15) is 32.3 Å². The summed E-state index contributed by atoms with van der Waals surface area (Å²) in [6, 6.07) is 9.99. The highest BCUT2D eigenvalue weighted by molar-refractivity contribution is 6.31. The molecule has 0 radical (unpaired) electrons. The van der Waals surface area contributed by atoms with Gasteiger partial charge in [0.2, 0.25) is 11.6 Å². The highest BCUT2D eigenvalue weighted by atomic mass is 35.5. The third-order valence-electron chi connectivity index (χ3n) is 11.4. The molecule has 2 bridgehead atoms. The number of hydrogen-bond acceptors (Lipinski definition) is 2. The van der Waals surface area contributed by atoms with Crippen molar-refractivity contribution in [1.82, 2.24) is 4.90 Å². The first-order valence-electron chi connectivity index (χ1n) is 14.8. The van der Waals surface area contributed by atoms with E-state index in [0.717, 1.165) is 16.7 Å². The number of hydrogen-bond donors (Lipinski definition) is 1. The van der Waals surface area contributed by atoms with Gasteiger partial charge in [0, 0.05) is 28.4 Å². The van der Waals surface area contributed by atoms with E-state index in [1.165, 1.54) is 12.1 Å². The Morgan fingerprint density at radius 1 is 0.976 bits per heavy atom. The molecule has 0 aromatic heterocycles. The molecule has 4 fully saturated rings. The number of carbonyl (C=O) groups is 2. The minimum absolute atomic E-state index is 0.0866.